The van der Waals surface area contributed by atoms with Gasteiger partial charge in [-0.2, -0.15) is 0 Å². The Morgan fingerprint density at radius 1 is 0.500 bits per heavy atom. The van der Waals surface area contributed by atoms with Crippen molar-refractivity contribution in [3.63, 3.8) is 0 Å². The lowest BCUT2D eigenvalue weighted by Gasteiger charge is -2.30. The van der Waals surface area contributed by atoms with Crippen molar-refractivity contribution < 1.29 is 0 Å². The van der Waals surface area contributed by atoms with E-state index < -0.39 is 0 Å². The van der Waals surface area contributed by atoms with Gasteiger partial charge in [-0.15, -0.1) is 0 Å². The summed E-state index contributed by atoms with van der Waals surface area (Å²) in [5, 5.41) is 0. The quantitative estimate of drug-likeness (QED) is 0.632. The van der Waals surface area contributed by atoms with Crippen molar-refractivity contribution in [1.82, 2.24) is 0 Å². The van der Waals surface area contributed by atoms with Gasteiger partial charge in [0.1, 0.15) is 0 Å². The van der Waals surface area contributed by atoms with Crippen LogP contribution in [-0.2, 0) is 0 Å². The van der Waals surface area contributed by atoms with E-state index in [1.807, 2.05) is 0 Å². The third kappa shape index (κ3) is 3.12. The molecule has 0 heteroatoms. The normalized spacial score (nSPS) is 23.8. The zero-order chi connectivity index (χ0) is 13.6. The Bertz CT molecular complexity index is 451. The second-order valence-electron chi connectivity index (χ2n) is 6.03. The van der Waals surface area contributed by atoms with Crippen LogP contribution in [0, 0.1) is 0 Å². The predicted molar refractivity (Wildman–Crippen MR) is 86.1 cm³/mol. The molecule has 0 aromatic heterocycles. The lowest BCUT2D eigenvalue weighted by molar-refractivity contribution is 0.405. The highest BCUT2D eigenvalue weighted by molar-refractivity contribution is 5.28. The summed E-state index contributed by atoms with van der Waals surface area (Å²) in [7, 11) is 0. The predicted octanol–water partition coefficient (Wildman–Crippen LogP) is 5.91. The lowest BCUT2D eigenvalue weighted by Crippen LogP contribution is -2.14. The van der Waals surface area contributed by atoms with Gasteiger partial charge in [-0.3, -0.25) is 0 Å². The van der Waals surface area contributed by atoms with Crippen LogP contribution < -0.4 is 0 Å². The summed E-state index contributed by atoms with van der Waals surface area (Å²) in [6.07, 6.45) is 8.24. The van der Waals surface area contributed by atoms with Gasteiger partial charge in [0.15, 0.2) is 0 Å². The van der Waals surface area contributed by atoms with E-state index in [0.717, 1.165) is 0 Å². The van der Waals surface area contributed by atoms with Crippen LogP contribution in [0.25, 0.3) is 0 Å². The summed E-state index contributed by atoms with van der Waals surface area (Å²) in [4.78, 5) is 0. The Kier molecular flexibility index (Phi) is 4.53. The summed E-state index contributed by atoms with van der Waals surface area (Å²) in [6.45, 7) is 0. The lowest BCUT2D eigenvalue weighted by atomic mass is 9.74. The van der Waals surface area contributed by atoms with Crippen LogP contribution in [0.1, 0.15) is 61.5 Å². The Balaban J connectivity index is 1.92. The van der Waals surface area contributed by atoms with E-state index in [9.17, 15) is 0 Å². The summed E-state index contributed by atoms with van der Waals surface area (Å²) in [5.41, 5.74) is 3.06. The second-order valence-corrected chi connectivity index (χ2v) is 6.03. The van der Waals surface area contributed by atoms with Gasteiger partial charge in [0.25, 0.3) is 0 Å². The molecule has 0 nitrogen and oxygen atoms in total. The van der Waals surface area contributed by atoms with E-state index in [0.29, 0.717) is 11.8 Å². The highest BCUT2D eigenvalue weighted by Gasteiger charge is 2.25. The highest BCUT2D eigenvalue weighted by atomic mass is 14.3. The van der Waals surface area contributed by atoms with Gasteiger partial charge in [-0.05, 0) is 35.8 Å². The maximum atomic E-state index is 2.32. The molecule has 0 radical (unpaired) electrons. The summed E-state index contributed by atoms with van der Waals surface area (Å²) in [5.74, 6) is 1.39. The Hall–Kier alpha value is -1.56. The van der Waals surface area contributed by atoms with Gasteiger partial charge in [0.05, 0.1) is 0 Å². The number of rotatable bonds is 2. The molecule has 2 unspecified atom stereocenters. The number of benzene rings is 2. The minimum Gasteiger partial charge on any atom is -0.0622 e. The first-order chi connectivity index (χ1) is 9.95. The first-order valence-electron chi connectivity index (χ1n) is 8.05. The van der Waals surface area contributed by atoms with Crippen molar-refractivity contribution in [2.24, 2.45) is 0 Å². The molecule has 3 rings (SSSR count). The van der Waals surface area contributed by atoms with Crippen LogP contribution in [0.5, 0.6) is 0 Å². The van der Waals surface area contributed by atoms with E-state index >= 15 is 0 Å². The van der Waals surface area contributed by atoms with E-state index in [2.05, 4.69) is 60.7 Å². The van der Waals surface area contributed by atoms with Gasteiger partial charge in [0, 0.05) is 0 Å². The molecule has 1 fully saturated rings. The molecular formula is C20H24. The zero-order valence-electron chi connectivity index (χ0n) is 12.2. The van der Waals surface area contributed by atoms with Crippen LogP contribution >= 0.6 is 0 Å². The SMILES string of the molecule is c1ccc(C2CCCCCCC2c2ccccc2)cc1. The van der Waals surface area contributed by atoms with Crippen LogP contribution in [0.15, 0.2) is 60.7 Å². The molecule has 1 aliphatic rings. The fourth-order valence-electron chi connectivity index (χ4n) is 3.68. The van der Waals surface area contributed by atoms with Crippen molar-refractivity contribution in [3.05, 3.63) is 71.8 Å². The first-order valence-corrected chi connectivity index (χ1v) is 8.05. The molecule has 0 N–H and O–H groups in total. The van der Waals surface area contributed by atoms with Crippen LogP contribution in [-0.4, -0.2) is 0 Å². The number of hydrogen-bond donors (Lipinski definition) is 0. The van der Waals surface area contributed by atoms with Crippen molar-refractivity contribution in [2.45, 2.75) is 50.4 Å². The Morgan fingerprint density at radius 2 is 0.900 bits per heavy atom. The molecule has 0 saturated heterocycles. The van der Waals surface area contributed by atoms with E-state index in [1.54, 1.807) is 0 Å². The molecule has 0 spiro atoms. The molecule has 0 bridgehead atoms. The second kappa shape index (κ2) is 6.74. The molecule has 104 valence electrons. The summed E-state index contributed by atoms with van der Waals surface area (Å²) < 4.78 is 0. The molecule has 0 amide bonds. The molecule has 1 saturated carbocycles. The monoisotopic (exact) mass is 264 g/mol. The van der Waals surface area contributed by atoms with Gasteiger partial charge in [0.2, 0.25) is 0 Å². The fourth-order valence-corrected chi connectivity index (χ4v) is 3.68. The van der Waals surface area contributed by atoms with E-state index in [4.69, 9.17) is 0 Å². The molecule has 0 heterocycles. The third-order valence-corrected chi connectivity index (χ3v) is 4.72. The zero-order valence-corrected chi connectivity index (χ0v) is 12.2. The average molecular weight is 264 g/mol. The summed E-state index contributed by atoms with van der Waals surface area (Å²) in [6, 6.07) is 22.3. The largest absolute Gasteiger partial charge is 0.0622 e. The molecule has 2 atom stereocenters. The smallest absolute Gasteiger partial charge is 0.00931 e. The van der Waals surface area contributed by atoms with Gasteiger partial charge in [-0.1, -0.05) is 86.3 Å². The topological polar surface area (TPSA) is 0 Å². The maximum absolute atomic E-state index is 2.32. The van der Waals surface area contributed by atoms with E-state index in [1.165, 1.54) is 49.7 Å². The molecule has 2 aromatic carbocycles. The minimum atomic E-state index is 0.693. The van der Waals surface area contributed by atoms with Crippen LogP contribution in [0.4, 0.5) is 0 Å². The average Bonchev–Trinajstić information content (AvgIpc) is 2.49. The van der Waals surface area contributed by atoms with E-state index in [-0.39, 0.29) is 0 Å². The molecule has 0 aliphatic heterocycles. The molecular weight excluding hydrogens is 240 g/mol. The molecule has 1 aliphatic carbocycles. The van der Waals surface area contributed by atoms with Crippen molar-refractivity contribution in [2.75, 3.05) is 0 Å². The summed E-state index contributed by atoms with van der Waals surface area (Å²) >= 11 is 0. The van der Waals surface area contributed by atoms with Gasteiger partial charge < -0.3 is 0 Å². The Morgan fingerprint density at radius 3 is 1.30 bits per heavy atom. The van der Waals surface area contributed by atoms with Crippen LogP contribution in [0.2, 0.25) is 0 Å². The van der Waals surface area contributed by atoms with Crippen LogP contribution in [0.3, 0.4) is 0 Å². The first kappa shape index (κ1) is 13.4. The maximum Gasteiger partial charge on any atom is -0.00931 e. The highest BCUT2D eigenvalue weighted by Crippen LogP contribution is 2.41. The fraction of sp³-hybridized carbons (Fsp3) is 0.400. The molecule has 20 heavy (non-hydrogen) atoms. The van der Waals surface area contributed by atoms with Gasteiger partial charge >= 0.3 is 0 Å². The van der Waals surface area contributed by atoms with Crippen molar-refractivity contribution in [1.29, 1.82) is 0 Å². The van der Waals surface area contributed by atoms with Crippen molar-refractivity contribution in [3.8, 4) is 0 Å². The minimum absolute atomic E-state index is 0.693. The standard InChI is InChI=1S/C20H24/c1-2-10-16-20(18-13-7-4-8-14-18)19(15-9-1)17-11-5-3-6-12-17/h3-8,11-14,19-20H,1-2,9-10,15-16H2. The van der Waals surface area contributed by atoms with Gasteiger partial charge in [-0.25, -0.2) is 0 Å². The third-order valence-electron chi connectivity index (χ3n) is 4.72. The molecule has 2 aromatic rings. The number of hydrogen-bond acceptors (Lipinski definition) is 0. The Labute approximate surface area is 122 Å². The van der Waals surface area contributed by atoms with Crippen molar-refractivity contribution >= 4 is 0 Å².